The van der Waals surface area contributed by atoms with Crippen molar-refractivity contribution in [3.63, 3.8) is 0 Å². The number of aromatic nitrogens is 2. The van der Waals surface area contributed by atoms with Crippen LogP contribution in [0, 0.1) is 5.92 Å². The lowest BCUT2D eigenvalue weighted by Gasteiger charge is -2.31. The first kappa shape index (κ1) is 22.9. The van der Waals surface area contributed by atoms with E-state index in [0.717, 1.165) is 30.5 Å². The molecule has 0 radical (unpaired) electrons. The minimum atomic E-state index is -0.612. The number of halogens is 2. The molecule has 1 aromatic heterocycles. The number of likely N-dealkylation sites (tertiary alicyclic amines) is 1. The van der Waals surface area contributed by atoms with Gasteiger partial charge >= 0.3 is 6.09 Å². The summed E-state index contributed by atoms with van der Waals surface area (Å²) < 4.78 is 6.82. The zero-order valence-electron chi connectivity index (χ0n) is 18.4. The van der Waals surface area contributed by atoms with Gasteiger partial charge in [-0.05, 0) is 70.6 Å². The highest BCUT2D eigenvalue weighted by molar-refractivity contribution is 6.36. The van der Waals surface area contributed by atoms with Gasteiger partial charge in [0.25, 0.3) is 0 Å². The van der Waals surface area contributed by atoms with Crippen LogP contribution >= 0.6 is 23.2 Å². The molecule has 1 aliphatic carbocycles. The first-order valence-corrected chi connectivity index (χ1v) is 11.6. The van der Waals surface area contributed by atoms with Crippen LogP contribution in [0.2, 0.25) is 10.0 Å². The Morgan fingerprint density at radius 2 is 1.94 bits per heavy atom. The molecule has 9 heteroatoms. The molecule has 1 aliphatic heterocycles. The maximum Gasteiger partial charge on any atom is 0.435 e. The molecule has 4 rings (SSSR count). The van der Waals surface area contributed by atoms with Crippen LogP contribution in [-0.2, 0) is 22.4 Å². The van der Waals surface area contributed by atoms with Crippen LogP contribution in [0.5, 0.6) is 5.75 Å². The summed E-state index contributed by atoms with van der Waals surface area (Å²) in [6.07, 6.45) is 4.71. The number of rotatable bonds is 3. The highest BCUT2D eigenvalue weighted by Gasteiger charge is 2.40. The van der Waals surface area contributed by atoms with Crippen molar-refractivity contribution >= 4 is 35.2 Å². The van der Waals surface area contributed by atoms with E-state index in [4.69, 9.17) is 27.9 Å². The zero-order valence-corrected chi connectivity index (χ0v) is 19.9. The molecule has 0 saturated carbocycles. The largest absolute Gasteiger partial charge is 0.508 e. The van der Waals surface area contributed by atoms with E-state index in [-0.39, 0.29) is 23.6 Å². The number of carbonyl (C=O) groups excluding carboxylic acids is 2. The summed E-state index contributed by atoms with van der Waals surface area (Å²) in [4.78, 5) is 27.8. The van der Waals surface area contributed by atoms with Gasteiger partial charge in [0.15, 0.2) is 0 Å². The number of carbonyl (C=O) groups is 2. The third kappa shape index (κ3) is 4.46. The standard InChI is InChI=1S/C23H27Cl2N3O4/c1-23(2,3)32-22(31)28-20-6-4-5-19(16(20)12-26-28)27-8-7-13(21(27)30)9-15-17(24)10-14(29)11-18(15)25/h10-13,19,29H,4-9H2,1-3H3/t13-,19?/m0/s1. The molecule has 2 aromatic rings. The molecule has 0 spiro atoms. The topological polar surface area (TPSA) is 84.7 Å². The van der Waals surface area contributed by atoms with E-state index in [2.05, 4.69) is 5.10 Å². The number of phenols is 1. The molecular formula is C23H27Cl2N3O4. The number of nitrogens with zero attached hydrogens (tertiary/aromatic N) is 3. The normalized spacial score (nSPS) is 21.0. The van der Waals surface area contributed by atoms with Crippen LogP contribution in [0.25, 0.3) is 0 Å². The number of hydrogen-bond acceptors (Lipinski definition) is 5. The van der Waals surface area contributed by atoms with Gasteiger partial charge in [0.05, 0.1) is 17.9 Å². The van der Waals surface area contributed by atoms with Gasteiger partial charge in [-0.15, -0.1) is 0 Å². The Labute approximate surface area is 197 Å². The zero-order chi connectivity index (χ0) is 23.2. The van der Waals surface area contributed by atoms with E-state index in [1.165, 1.54) is 16.8 Å². The average Bonchev–Trinajstić information content (AvgIpc) is 3.27. The van der Waals surface area contributed by atoms with Gasteiger partial charge in [-0.1, -0.05) is 23.2 Å². The number of phenolic OH excluding ortho intramolecular Hbond substituents is 1. The number of amides is 1. The van der Waals surface area contributed by atoms with E-state index in [1.54, 1.807) is 6.20 Å². The number of ether oxygens (including phenoxy) is 1. The SMILES string of the molecule is CC(C)(C)OC(=O)n1ncc2c1CCCC2N1CC[C@@H](Cc2c(Cl)cc(O)cc2Cl)C1=O. The fraction of sp³-hybridized carbons (Fsp3) is 0.522. The van der Waals surface area contributed by atoms with Crippen molar-refractivity contribution in [1.29, 1.82) is 0 Å². The van der Waals surface area contributed by atoms with Crippen LogP contribution in [0.4, 0.5) is 4.79 Å². The molecule has 1 N–H and O–H groups in total. The van der Waals surface area contributed by atoms with Crippen LogP contribution in [-0.4, -0.2) is 43.9 Å². The molecule has 1 aromatic carbocycles. The van der Waals surface area contributed by atoms with Crippen molar-refractivity contribution in [1.82, 2.24) is 14.7 Å². The van der Waals surface area contributed by atoms with E-state index in [1.807, 2.05) is 25.7 Å². The molecule has 1 saturated heterocycles. The predicted octanol–water partition coefficient (Wildman–Crippen LogP) is 5.15. The maximum absolute atomic E-state index is 13.3. The van der Waals surface area contributed by atoms with Gasteiger partial charge < -0.3 is 14.7 Å². The van der Waals surface area contributed by atoms with Gasteiger partial charge in [0.2, 0.25) is 5.91 Å². The molecule has 1 unspecified atom stereocenters. The van der Waals surface area contributed by atoms with Crippen molar-refractivity contribution < 1.29 is 19.4 Å². The summed E-state index contributed by atoms with van der Waals surface area (Å²) in [7, 11) is 0. The quantitative estimate of drug-likeness (QED) is 0.657. The fourth-order valence-corrected chi connectivity index (χ4v) is 5.24. The lowest BCUT2D eigenvalue weighted by molar-refractivity contribution is -0.133. The van der Waals surface area contributed by atoms with Crippen LogP contribution in [0.1, 0.15) is 62.9 Å². The molecule has 32 heavy (non-hydrogen) atoms. The molecule has 2 heterocycles. The van der Waals surface area contributed by atoms with Gasteiger partial charge in [0.1, 0.15) is 11.4 Å². The summed E-state index contributed by atoms with van der Waals surface area (Å²) >= 11 is 12.5. The first-order valence-electron chi connectivity index (χ1n) is 10.8. The van der Waals surface area contributed by atoms with Crippen molar-refractivity contribution in [2.75, 3.05) is 6.54 Å². The van der Waals surface area contributed by atoms with Crippen molar-refractivity contribution in [2.24, 2.45) is 5.92 Å². The van der Waals surface area contributed by atoms with E-state index in [9.17, 15) is 14.7 Å². The Bertz CT molecular complexity index is 1040. The summed E-state index contributed by atoms with van der Waals surface area (Å²) in [6.45, 7) is 6.08. The van der Waals surface area contributed by atoms with E-state index < -0.39 is 11.7 Å². The van der Waals surface area contributed by atoms with Gasteiger partial charge in [-0.3, -0.25) is 4.79 Å². The van der Waals surface area contributed by atoms with Gasteiger partial charge in [-0.25, -0.2) is 4.79 Å². The fourth-order valence-electron chi connectivity index (χ4n) is 4.61. The monoisotopic (exact) mass is 479 g/mol. The second-order valence-electron chi connectivity index (χ2n) is 9.46. The highest BCUT2D eigenvalue weighted by Crippen LogP contribution is 2.40. The average molecular weight is 480 g/mol. The molecule has 2 aliphatic rings. The molecule has 0 bridgehead atoms. The van der Waals surface area contributed by atoms with E-state index >= 15 is 0 Å². The predicted molar refractivity (Wildman–Crippen MR) is 121 cm³/mol. The summed E-state index contributed by atoms with van der Waals surface area (Å²) in [5.41, 5.74) is 1.79. The van der Waals surface area contributed by atoms with Gasteiger partial charge in [-0.2, -0.15) is 9.78 Å². The molecular weight excluding hydrogens is 453 g/mol. The van der Waals surface area contributed by atoms with E-state index in [0.29, 0.717) is 35.0 Å². The molecule has 7 nitrogen and oxygen atoms in total. The Hall–Kier alpha value is -2.25. The lowest BCUT2D eigenvalue weighted by atomic mass is 9.91. The number of benzene rings is 1. The minimum absolute atomic E-state index is 0.000130. The summed E-state index contributed by atoms with van der Waals surface area (Å²) in [5, 5.41) is 14.7. The molecule has 172 valence electrons. The van der Waals surface area contributed by atoms with Crippen molar-refractivity contribution in [3.05, 3.63) is 45.2 Å². The van der Waals surface area contributed by atoms with Crippen molar-refractivity contribution in [2.45, 2.75) is 64.5 Å². The number of fused-ring (bicyclic) bond motifs is 1. The first-order chi connectivity index (χ1) is 15.0. The molecule has 1 amide bonds. The summed E-state index contributed by atoms with van der Waals surface area (Å²) in [5.74, 6) is -0.186. The van der Waals surface area contributed by atoms with Gasteiger partial charge in [0, 0.05) is 28.1 Å². The molecule has 1 fully saturated rings. The lowest BCUT2D eigenvalue weighted by Crippen LogP contribution is -2.35. The Balaban J connectivity index is 1.53. The second-order valence-corrected chi connectivity index (χ2v) is 10.3. The van der Waals surface area contributed by atoms with Crippen LogP contribution in [0.3, 0.4) is 0 Å². The minimum Gasteiger partial charge on any atom is -0.508 e. The maximum atomic E-state index is 13.3. The molecule has 2 atom stereocenters. The number of aromatic hydroxyl groups is 1. The van der Waals surface area contributed by atoms with Crippen LogP contribution in [0.15, 0.2) is 18.3 Å². The Kier molecular flexibility index (Phi) is 6.16. The summed E-state index contributed by atoms with van der Waals surface area (Å²) in [6, 6.07) is 2.77. The van der Waals surface area contributed by atoms with Crippen LogP contribution < -0.4 is 0 Å². The third-order valence-electron chi connectivity index (χ3n) is 6.02. The third-order valence-corrected chi connectivity index (χ3v) is 6.70. The smallest absolute Gasteiger partial charge is 0.435 e. The second kappa shape index (κ2) is 8.60. The Morgan fingerprint density at radius 1 is 1.25 bits per heavy atom. The highest BCUT2D eigenvalue weighted by atomic mass is 35.5. The van der Waals surface area contributed by atoms with Crippen molar-refractivity contribution in [3.8, 4) is 5.75 Å². The Morgan fingerprint density at radius 3 is 2.59 bits per heavy atom. The number of hydrogen-bond donors (Lipinski definition) is 1.